The Kier molecular flexibility index (Phi) is 2.79. The Hall–Kier alpha value is -0.160. The van der Waals surface area contributed by atoms with Crippen molar-refractivity contribution in [1.82, 2.24) is 0 Å². The predicted molar refractivity (Wildman–Crippen MR) is 49.8 cm³/mol. The highest BCUT2D eigenvalue weighted by molar-refractivity contribution is 4.97. The van der Waals surface area contributed by atoms with Gasteiger partial charge >= 0.3 is 0 Å². The molecule has 1 aliphatic heterocycles. The second-order valence-electron chi connectivity index (χ2n) is 4.33. The van der Waals surface area contributed by atoms with E-state index >= 15 is 0 Å². The molecule has 2 bridgehead atoms. The lowest BCUT2D eigenvalue weighted by atomic mass is 9.74. The molecule has 0 spiro atoms. The summed E-state index contributed by atoms with van der Waals surface area (Å²) in [4.78, 5) is 0. The van der Waals surface area contributed by atoms with Crippen molar-refractivity contribution in [3.05, 3.63) is 0 Å². The lowest BCUT2D eigenvalue weighted by molar-refractivity contribution is -0.293. The molecule has 4 unspecified atom stereocenters. The van der Waals surface area contributed by atoms with Crippen molar-refractivity contribution in [3.8, 4) is 0 Å². The van der Waals surface area contributed by atoms with E-state index in [1.54, 1.807) is 14.2 Å². The van der Waals surface area contributed by atoms with Crippen molar-refractivity contribution >= 4 is 0 Å². The van der Waals surface area contributed by atoms with Gasteiger partial charge in [-0.2, -0.15) is 0 Å². The zero-order valence-electron chi connectivity index (χ0n) is 8.73. The maximum Gasteiger partial charge on any atom is 0.186 e. The molecule has 2 rings (SSSR count). The number of hydrogen-bond donors (Lipinski definition) is 1. The summed E-state index contributed by atoms with van der Waals surface area (Å²) in [6.45, 7) is 0.667. The van der Waals surface area contributed by atoms with E-state index in [1.165, 1.54) is 0 Å². The van der Waals surface area contributed by atoms with Crippen molar-refractivity contribution in [2.75, 3.05) is 20.8 Å². The van der Waals surface area contributed by atoms with E-state index in [0.717, 1.165) is 12.8 Å². The average molecular weight is 202 g/mol. The predicted octanol–water partition coefficient (Wildman–Crippen LogP) is 0.535. The maximum absolute atomic E-state index is 9.73. The summed E-state index contributed by atoms with van der Waals surface area (Å²) < 4.78 is 16.4. The van der Waals surface area contributed by atoms with Gasteiger partial charge < -0.3 is 19.3 Å². The lowest BCUT2D eigenvalue weighted by Crippen LogP contribution is -2.57. The van der Waals surface area contributed by atoms with Crippen molar-refractivity contribution in [1.29, 1.82) is 0 Å². The zero-order chi connectivity index (χ0) is 10.2. The Labute approximate surface area is 84.1 Å². The Bertz CT molecular complexity index is 204. The van der Waals surface area contributed by atoms with Crippen LogP contribution in [0.15, 0.2) is 0 Å². The maximum atomic E-state index is 9.73. The van der Waals surface area contributed by atoms with Crippen molar-refractivity contribution in [2.45, 2.75) is 37.3 Å². The summed E-state index contributed by atoms with van der Waals surface area (Å²) in [5.74, 6) is 0.408. The first-order chi connectivity index (χ1) is 6.70. The molecule has 2 aliphatic rings. The minimum atomic E-state index is -0.435. The quantitative estimate of drug-likeness (QED) is 0.709. The fourth-order valence-corrected chi connectivity index (χ4v) is 2.76. The molecule has 1 saturated heterocycles. The first kappa shape index (κ1) is 10.4. The first-order valence-corrected chi connectivity index (χ1v) is 5.08. The number of ether oxygens (including phenoxy) is 3. The van der Waals surface area contributed by atoms with Crippen LogP contribution in [0.25, 0.3) is 0 Å². The number of methoxy groups -OCH3 is 2. The SMILES string of the molecule is COC1OCC2CC(O)CC1(OC)C2. The lowest BCUT2D eigenvalue weighted by Gasteiger charge is -2.49. The van der Waals surface area contributed by atoms with Gasteiger partial charge in [0.2, 0.25) is 0 Å². The molecular formula is C10H18O4. The van der Waals surface area contributed by atoms with Crippen molar-refractivity contribution < 1.29 is 19.3 Å². The van der Waals surface area contributed by atoms with Crippen LogP contribution in [0.5, 0.6) is 0 Å². The molecular weight excluding hydrogens is 184 g/mol. The van der Waals surface area contributed by atoms with Gasteiger partial charge in [0, 0.05) is 20.6 Å². The number of fused-ring (bicyclic) bond motifs is 2. The minimum absolute atomic E-state index is 0.282. The molecule has 0 radical (unpaired) electrons. The third-order valence-electron chi connectivity index (χ3n) is 3.35. The third kappa shape index (κ3) is 1.56. The van der Waals surface area contributed by atoms with Crippen LogP contribution >= 0.6 is 0 Å². The molecule has 82 valence electrons. The van der Waals surface area contributed by atoms with Crippen LogP contribution in [0, 0.1) is 5.92 Å². The van der Waals surface area contributed by atoms with Gasteiger partial charge in [0.15, 0.2) is 6.29 Å². The Morgan fingerprint density at radius 1 is 1.36 bits per heavy atom. The standard InChI is InChI=1S/C10H18O4/c1-12-9-10(13-2)4-7(6-14-9)3-8(11)5-10/h7-9,11H,3-6H2,1-2H3. The molecule has 0 amide bonds. The number of aliphatic hydroxyl groups is 1. The van der Waals surface area contributed by atoms with Gasteiger partial charge in [-0.3, -0.25) is 0 Å². The average Bonchev–Trinajstić information content (AvgIpc) is 2.17. The topological polar surface area (TPSA) is 47.9 Å². The highest BCUT2D eigenvalue weighted by atomic mass is 16.7. The minimum Gasteiger partial charge on any atom is -0.393 e. The van der Waals surface area contributed by atoms with E-state index in [9.17, 15) is 5.11 Å². The molecule has 0 aromatic rings. The van der Waals surface area contributed by atoms with Crippen LogP contribution in [-0.2, 0) is 14.2 Å². The fraction of sp³-hybridized carbons (Fsp3) is 1.00. The molecule has 1 aliphatic carbocycles. The summed E-state index contributed by atoms with van der Waals surface area (Å²) in [6.07, 6.45) is 1.74. The normalized spacial score (nSPS) is 47.8. The van der Waals surface area contributed by atoms with E-state index in [2.05, 4.69) is 0 Å². The molecule has 2 fully saturated rings. The van der Waals surface area contributed by atoms with E-state index in [4.69, 9.17) is 14.2 Å². The van der Waals surface area contributed by atoms with Gasteiger partial charge in [0.05, 0.1) is 12.7 Å². The molecule has 14 heavy (non-hydrogen) atoms. The summed E-state index contributed by atoms with van der Waals surface area (Å²) in [6, 6.07) is 0. The second-order valence-corrected chi connectivity index (χ2v) is 4.33. The summed E-state index contributed by atoms with van der Waals surface area (Å²) in [7, 11) is 3.28. The highest BCUT2D eigenvalue weighted by Gasteiger charge is 2.50. The van der Waals surface area contributed by atoms with Crippen molar-refractivity contribution in [3.63, 3.8) is 0 Å². The fourth-order valence-electron chi connectivity index (χ4n) is 2.76. The van der Waals surface area contributed by atoms with Gasteiger partial charge in [-0.25, -0.2) is 0 Å². The molecule has 1 heterocycles. The zero-order valence-corrected chi connectivity index (χ0v) is 8.73. The van der Waals surface area contributed by atoms with Crippen LogP contribution in [0.3, 0.4) is 0 Å². The van der Waals surface area contributed by atoms with Crippen LogP contribution in [0.2, 0.25) is 0 Å². The molecule has 4 atom stereocenters. The molecule has 0 aromatic heterocycles. The van der Waals surface area contributed by atoms with Crippen LogP contribution in [0.1, 0.15) is 19.3 Å². The van der Waals surface area contributed by atoms with E-state index in [0.29, 0.717) is 18.9 Å². The van der Waals surface area contributed by atoms with Gasteiger partial charge in [-0.1, -0.05) is 0 Å². The van der Waals surface area contributed by atoms with E-state index < -0.39 is 5.60 Å². The molecule has 0 aromatic carbocycles. The summed E-state index contributed by atoms with van der Waals surface area (Å²) in [5.41, 5.74) is -0.435. The molecule has 1 saturated carbocycles. The molecule has 4 heteroatoms. The molecule has 4 nitrogen and oxygen atoms in total. The van der Waals surface area contributed by atoms with Crippen LogP contribution < -0.4 is 0 Å². The first-order valence-electron chi connectivity index (χ1n) is 5.08. The number of hydrogen-bond acceptors (Lipinski definition) is 4. The van der Waals surface area contributed by atoms with E-state index in [-0.39, 0.29) is 12.4 Å². The van der Waals surface area contributed by atoms with Gasteiger partial charge in [-0.15, -0.1) is 0 Å². The largest absolute Gasteiger partial charge is 0.393 e. The van der Waals surface area contributed by atoms with Gasteiger partial charge in [0.1, 0.15) is 5.60 Å². The van der Waals surface area contributed by atoms with Gasteiger partial charge in [-0.05, 0) is 18.8 Å². The summed E-state index contributed by atoms with van der Waals surface area (Å²) in [5, 5.41) is 9.73. The van der Waals surface area contributed by atoms with Crippen molar-refractivity contribution in [2.24, 2.45) is 5.92 Å². The molecule has 1 N–H and O–H groups in total. The Morgan fingerprint density at radius 3 is 2.79 bits per heavy atom. The second kappa shape index (κ2) is 3.77. The Morgan fingerprint density at radius 2 is 2.14 bits per heavy atom. The van der Waals surface area contributed by atoms with Crippen LogP contribution in [0.4, 0.5) is 0 Å². The number of aliphatic hydroxyl groups excluding tert-OH is 1. The highest BCUT2D eigenvalue weighted by Crippen LogP contribution is 2.42. The Balaban J connectivity index is 2.18. The third-order valence-corrected chi connectivity index (χ3v) is 3.35. The number of rotatable bonds is 2. The van der Waals surface area contributed by atoms with Crippen LogP contribution in [-0.4, -0.2) is 43.9 Å². The monoisotopic (exact) mass is 202 g/mol. The smallest absolute Gasteiger partial charge is 0.186 e. The van der Waals surface area contributed by atoms with E-state index in [1.807, 2.05) is 0 Å². The summed E-state index contributed by atoms with van der Waals surface area (Å²) >= 11 is 0. The van der Waals surface area contributed by atoms with Gasteiger partial charge in [0.25, 0.3) is 0 Å².